The first-order chi connectivity index (χ1) is 9.24. The second-order valence-corrected chi connectivity index (χ2v) is 6.21. The van der Waals surface area contributed by atoms with Crippen LogP contribution in [-0.4, -0.2) is 36.8 Å². The van der Waals surface area contributed by atoms with Crippen molar-refractivity contribution in [3.63, 3.8) is 0 Å². The Morgan fingerprint density at radius 1 is 1.37 bits per heavy atom. The van der Waals surface area contributed by atoms with Gasteiger partial charge in [0.2, 0.25) is 0 Å². The van der Waals surface area contributed by atoms with E-state index in [0.717, 1.165) is 6.54 Å². The molecule has 1 fully saturated rings. The molecule has 1 saturated heterocycles. The first kappa shape index (κ1) is 14.9. The van der Waals surface area contributed by atoms with Crippen molar-refractivity contribution in [1.82, 2.24) is 10.2 Å². The Morgan fingerprint density at radius 2 is 2.11 bits per heavy atom. The molecule has 0 aliphatic carbocycles. The average Bonchev–Trinajstić information content (AvgIpc) is 2.97. The lowest BCUT2D eigenvalue weighted by molar-refractivity contribution is 0.202. The quantitative estimate of drug-likeness (QED) is 0.801. The van der Waals surface area contributed by atoms with E-state index in [1.54, 1.807) is 11.8 Å². The predicted octanol–water partition coefficient (Wildman–Crippen LogP) is 3.54. The summed E-state index contributed by atoms with van der Waals surface area (Å²) in [4.78, 5) is 3.92. The fraction of sp³-hybridized carbons (Fsp3) is 0.625. The summed E-state index contributed by atoms with van der Waals surface area (Å²) in [6, 6.07) is 10.2. The summed E-state index contributed by atoms with van der Waals surface area (Å²) in [5, 5.41) is 3.60. The standard InChI is InChI=1S/C16H26N2S/c1-4-18(12-15-6-5-11-17-15)13(2)14-7-9-16(19-3)10-8-14/h7-10,13,15,17H,4-6,11-12H2,1-3H3. The number of rotatable bonds is 6. The van der Waals surface area contributed by atoms with E-state index < -0.39 is 0 Å². The maximum atomic E-state index is 3.60. The van der Waals surface area contributed by atoms with Gasteiger partial charge in [-0.25, -0.2) is 0 Å². The highest BCUT2D eigenvalue weighted by Gasteiger charge is 2.21. The Bertz CT molecular complexity index is 371. The molecular weight excluding hydrogens is 252 g/mol. The number of hydrogen-bond donors (Lipinski definition) is 1. The third-order valence-corrected chi connectivity index (χ3v) is 4.91. The third kappa shape index (κ3) is 3.98. The monoisotopic (exact) mass is 278 g/mol. The van der Waals surface area contributed by atoms with Gasteiger partial charge >= 0.3 is 0 Å². The van der Waals surface area contributed by atoms with Crippen LogP contribution in [0.2, 0.25) is 0 Å². The first-order valence-electron chi connectivity index (χ1n) is 7.36. The molecule has 0 spiro atoms. The van der Waals surface area contributed by atoms with Gasteiger partial charge in [-0.05, 0) is 56.8 Å². The Balaban J connectivity index is 1.99. The summed E-state index contributed by atoms with van der Waals surface area (Å²) in [6.45, 7) is 8.07. The fourth-order valence-corrected chi connectivity index (χ4v) is 3.26. The summed E-state index contributed by atoms with van der Waals surface area (Å²) < 4.78 is 0. The Labute approximate surface area is 122 Å². The normalized spacial score (nSPS) is 20.9. The second kappa shape index (κ2) is 7.32. The van der Waals surface area contributed by atoms with Gasteiger partial charge in [0.15, 0.2) is 0 Å². The van der Waals surface area contributed by atoms with E-state index in [1.165, 1.54) is 36.4 Å². The molecule has 1 aromatic carbocycles. The van der Waals surface area contributed by atoms with Gasteiger partial charge in [-0.2, -0.15) is 0 Å². The first-order valence-corrected chi connectivity index (χ1v) is 8.58. The molecule has 19 heavy (non-hydrogen) atoms. The van der Waals surface area contributed by atoms with Gasteiger partial charge in [-0.3, -0.25) is 4.90 Å². The number of hydrogen-bond acceptors (Lipinski definition) is 3. The maximum absolute atomic E-state index is 3.60. The van der Waals surface area contributed by atoms with Crippen molar-refractivity contribution < 1.29 is 0 Å². The summed E-state index contributed by atoms with van der Waals surface area (Å²) in [6.07, 6.45) is 4.79. The molecule has 2 unspecified atom stereocenters. The molecule has 1 aliphatic rings. The van der Waals surface area contributed by atoms with Gasteiger partial charge in [-0.15, -0.1) is 11.8 Å². The summed E-state index contributed by atoms with van der Waals surface area (Å²) in [5.41, 5.74) is 1.43. The molecule has 2 rings (SSSR count). The number of benzene rings is 1. The largest absolute Gasteiger partial charge is 0.313 e. The van der Waals surface area contributed by atoms with E-state index in [9.17, 15) is 0 Å². The van der Waals surface area contributed by atoms with E-state index in [2.05, 4.69) is 54.6 Å². The number of thioether (sulfide) groups is 1. The molecule has 1 aliphatic heterocycles. The molecule has 0 aromatic heterocycles. The Morgan fingerprint density at radius 3 is 2.63 bits per heavy atom. The lowest BCUT2D eigenvalue weighted by Crippen LogP contribution is -2.38. The molecule has 0 radical (unpaired) electrons. The molecule has 0 saturated carbocycles. The highest BCUT2D eigenvalue weighted by atomic mass is 32.2. The topological polar surface area (TPSA) is 15.3 Å². The summed E-state index contributed by atoms with van der Waals surface area (Å²) in [7, 11) is 0. The van der Waals surface area contributed by atoms with Crippen molar-refractivity contribution in [1.29, 1.82) is 0 Å². The molecular formula is C16H26N2S. The molecule has 1 aromatic rings. The van der Waals surface area contributed by atoms with E-state index >= 15 is 0 Å². The van der Waals surface area contributed by atoms with Gasteiger partial charge < -0.3 is 5.32 Å². The van der Waals surface area contributed by atoms with E-state index in [-0.39, 0.29) is 0 Å². The van der Waals surface area contributed by atoms with Crippen LogP contribution >= 0.6 is 11.8 Å². The zero-order valence-electron chi connectivity index (χ0n) is 12.4. The number of nitrogens with one attached hydrogen (secondary N) is 1. The van der Waals surface area contributed by atoms with Crippen LogP contribution in [0.3, 0.4) is 0 Å². The van der Waals surface area contributed by atoms with Gasteiger partial charge in [0.1, 0.15) is 0 Å². The molecule has 1 heterocycles. The second-order valence-electron chi connectivity index (χ2n) is 5.33. The van der Waals surface area contributed by atoms with Crippen molar-refractivity contribution in [2.75, 3.05) is 25.9 Å². The lowest BCUT2D eigenvalue weighted by Gasteiger charge is -2.30. The predicted molar refractivity (Wildman–Crippen MR) is 84.9 cm³/mol. The maximum Gasteiger partial charge on any atom is 0.0320 e. The van der Waals surface area contributed by atoms with E-state index in [1.807, 2.05) is 0 Å². The van der Waals surface area contributed by atoms with Crippen LogP contribution in [0, 0.1) is 0 Å². The van der Waals surface area contributed by atoms with Gasteiger partial charge in [0.25, 0.3) is 0 Å². The lowest BCUT2D eigenvalue weighted by atomic mass is 10.1. The number of nitrogens with zero attached hydrogens (tertiary/aromatic N) is 1. The highest BCUT2D eigenvalue weighted by molar-refractivity contribution is 7.98. The van der Waals surface area contributed by atoms with Crippen molar-refractivity contribution in [2.45, 2.75) is 43.7 Å². The minimum absolute atomic E-state index is 0.503. The smallest absolute Gasteiger partial charge is 0.0320 e. The Kier molecular flexibility index (Phi) is 5.74. The molecule has 0 amide bonds. The number of likely N-dealkylation sites (N-methyl/N-ethyl adjacent to an activating group) is 1. The molecule has 1 N–H and O–H groups in total. The average molecular weight is 278 g/mol. The van der Waals surface area contributed by atoms with Crippen molar-refractivity contribution >= 4 is 11.8 Å². The summed E-state index contributed by atoms with van der Waals surface area (Å²) in [5.74, 6) is 0. The van der Waals surface area contributed by atoms with Crippen LogP contribution in [-0.2, 0) is 0 Å². The van der Waals surface area contributed by atoms with Crippen molar-refractivity contribution in [3.8, 4) is 0 Å². The minimum Gasteiger partial charge on any atom is -0.313 e. The van der Waals surface area contributed by atoms with Crippen molar-refractivity contribution in [3.05, 3.63) is 29.8 Å². The van der Waals surface area contributed by atoms with Crippen LogP contribution in [0.15, 0.2) is 29.2 Å². The van der Waals surface area contributed by atoms with Crippen LogP contribution in [0.1, 0.15) is 38.3 Å². The van der Waals surface area contributed by atoms with Crippen LogP contribution in [0.5, 0.6) is 0 Å². The minimum atomic E-state index is 0.503. The van der Waals surface area contributed by atoms with Crippen LogP contribution in [0.4, 0.5) is 0 Å². The molecule has 2 atom stereocenters. The highest BCUT2D eigenvalue weighted by Crippen LogP contribution is 2.24. The molecule has 3 heteroatoms. The molecule has 0 bridgehead atoms. The third-order valence-electron chi connectivity index (χ3n) is 4.17. The van der Waals surface area contributed by atoms with Crippen LogP contribution in [0.25, 0.3) is 0 Å². The zero-order chi connectivity index (χ0) is 13.7. The van der Waals surface area contributed by atoms with Crippen molar-refractivity contribution in [2.24, 2.45) is 0 Å². The fourth-order valence-electron chi connectivity index (χ4n) is 2.85. The molecule has 2 nitrogen and oxygen atoms in total. The van der Waals surface area contributed by atoms with E-state index in [0.29, 0.717) is 12.1 Å². The summed E-state index contributed by atoms with van der Waals surface area (Å²) >= 11 is 1.81. The zero-order valence-corrected chi connectivity index (χ0v) is 13.2. The van der Waals surface area contributed by atoms with Crippen LogP contribution < -0.4 is 5.32 Å². The molecule has 106 valence electrons. The van der Waals surface area contributed by atoms with Gasteiger partial charge in [-0.1, -0.05) is 19.1 Å². The van der Waals surface area contributed by atoms with Gasteiger partial charge in [0, 0.05) is 23.5 Å². The SMILES string of the molecule is CCN(CC1CCCN1)C(C)c1ccc(SC)cc1. The van der Waals surface area contributed by atoms with Gasteiger partial charge in [0.05, 0.1) is 0 Å². The van der Waals surface area contributed by atoms with E-state index in [4.69, 9.17) is 0 Å². The Hall–Kier alpha value is -0.510.